The van der Waals surface area contributed by atoms with Gasteiger partial charge >= 0.3 is 11.9 Å². The van der Waals surface area contributed by atoms with Crippen LogP contribution in [0.4, 0.5) is 0 Å². The van der Waals surface area contributed by atoms with Crippen LogP contribution in [0.3, 0.4) is 0 Å². The maximum atomic E-state index is 14.1. The Balaban J connectivity index is 1.28. The first kappa shape index (κ1) is 39.5. The van der Waals surface area contributed by atoms with Crippen molar-refractivity contribution >= 4 is 23.6 Å². The van der Waals surface area contributed by atoms with Crippen LogP contribution >= 0.6 is 0 Å². The molecule has 5 fully saturated rings. The summed E-state index contributed by atoms with van der Waals surface area (Å²) < 4.78 is 6.16. The lowest BCUT2D eigenvalue weighted by molar-refractivity contribution is -0.235. The topological polar surface area (TPSA) is 121 Å². The van der Waals surface area contributed by atoms with E-state index in [0.29, 0.717) is 18.3 Å². The van der Waals surface area contributed by atoms with Crippen molar-refractivity contribution in [2.45, 2.75) is 164 Å². The minimum absolute atomic E-state index is 0.0271. The zero-order chi connectivity index (χ0) is 38.4. The molecule has 0 aromatic heterocycles. The highest BCUT2D eigenvalue weighted by Gasteiger charge is 2.71. The van der Waals surface area contributed by atoms with Gasteiger partial charge in [0.2, 0.25) is 5.91 Å². The molecule has 0 heterocycles. The summed E-state index contributed by atoms with van der Waals surface area (Å²) >= 11 is 0. The molecule has 6 aliphatic carbocycles. The van der Waals surface area contributed by atoms with E-state index < -0.39 is 28.9 Å². The molecule has 0 bridgehead atoms. The number of carboxylic acid groups (broad SMARTS) is 1. The third-order valence-electron chi connectivity index (χ3n) is 17.0. The molecule has 1 amide bonds. The number of amides is 1. The summed E-state index contributed by atoms with van der Waals surface area (Å²) in [6, 6.07) is 0. The van der Waals surface area contributed by atoms with Crippen LogP contribution in [0.25, 0.3) is 0 Å². The minimum atomic E-state index is -1.17. The number of aliphatic hydroxyl groups excluding tert-OH is 1. The van der Waals surface area contributed by atoms with Gasteiger partial charge in [0, 0.05) is 36.8 Å². The maximum absolute atomic E-state index is 14.1. The number of hydrogen-bond acceptors (Lipinski definition) is 6. The number of hydrogen-bond donors (Lipinski definition) is 2. The van der Waals surface area contributed by atoms with Gasteiger partial charge in [-0.05, 0) is 124 Å². The van der Waals surface area contributed by atoms with Crippen molar-refractivity contribution in [3.05, 3.63) is 11.1 Å². The SMILES string of the molecule is CC(C)C1=C2C3CCC4C5(C)CCC(OC(=O)CC(C)(C)C(=O)O)C(C)(C)C5CCC4(C)C3(C)CCC2(C(O)CN(C)C(=O)C2CCCC2)CC1=O. The van der Waals surface area contributed by atoms with Gasteiger partial charge < -0.3 is 19.8 Å². The number of Topliss-reactive ketones (excluding diaryl/α,β-unsaturated/α-hetero) is 1. The quantitative estimate of drug-likeness (QED) is 0.229. The molecule has 0 aliphatic heterocycles. The van der Waals surface area contributed by atoms with Crippen molar-refractivity contribution in [3.63, 3.8) is 0 Å². The van der Waals surface area contributed by atoms with E-state index in [1.807, 2.05) is 7.05 Å². The van der Waals surface area contributed by atoms with E-state index >= 15 is 0 Å². The lowest BCUT2D eigenvalue weighted by atomic mass is 9.33. The molecule has 9 unspecified atom stereocenters. The average molecular weight is 724 g/mol. The van der Waals surface area contributed by atoms with Crippen molar-refractivity contribution in [1.82, 2.24) is 4.90 Å². The third kappa shape index (κ3) is 5.84. The smallest absolute Gasteiger partial charge is 0.309 e. The number of aliphatic hydroxyl groups is 1. The Hall–Kier alpha value is -2.22. The van der Waals surface area contributed by atoms with Crippen LogP contribution in [0.15, 0.2) is 11.1 Å². The molecule has 0 radical (unpaired) electrons. The molecule has 0 saturated heterocycles. The molecule has 2 N–H and O–H groups in total. The number of aliphatic carboxylic acids is 1. The van der Waals surface area contributed by atoms with Crippen molar-refractivity contribution < 1.29 is 34.1 Å². The molecule has 9 atom stereocenters. The van der Waals surface area contributed by atoms with Gasteiger partial charge in [-0.2, -0.15) is 0 Å². The summed E-state index contributed by atoms with van der Waals surface area (Å²) in [5.41, 5.74) is 0.178. The van der Waals surface area contributed by atoms with Gasteiger partial charge in [0.15, 0.2) is 5.78 Å². The molecule has 5 saturated carbocycles. The second-order valence-corrected chi connectivity index (χ2v) is 20.8. The Morgan fingerprint density at radius 1 is 0.885 bits per heavy atom. The number of allylic oxidation sites excluding steroid dienone is 1. The van der Waals surface area contributed by atoms with Crippen LogP contribution in [0, 0.1) is 62.1 Å². The standard InChI is InChI=1S/C44H69NO7/c1-26(2)35-29(46)23-44(32(47)25-45(10)37(49)27-13-11-12-14-27)22-21-42(8)28(36(35)44)15-16-31-41(7)19-18-33(52-34(48)24-39(3,4)38(50)51)40(5,6)30(41)17-20-43(31,42)9/h26-28,30-33,47H,11-25H2,1-10H3,(H,50,51). The summed E-state index contributed by atoms with van der Waals surface area (Å²) in [6.45, 7) is 19.8. The van der Waals surface area contributed by atoms with Crippen LogP contribution in [0.2, 0.25) is 0 Å². The van der Waals surface area contributed by atoms with Gasteiger partial charge in [-0.25, -0.2) is 0 Å². The Labute approximate surface area is 313 Å². The molecule has 6 aliphatic rings. The van der Waals surface area contributed by atoms with E-state index in [1.165, 1.54) is 5.57 Å². The van der Waals surface area contributed by atoms with E-state index in [9.17, 15) is 29.4 Å². The molecule has 8 nitrogen and oxygen atoms in total. The second kappa shape index (κ2) is 13.2. The third-order valence-corrected chi connectivity index (χ3v) is 17.0. The van der Waals surface area contributed by atoms with Gasteiger partial charge in [0.05, 0.1) is 17.9 Å². The Kier molecular flexibility index (Phi) is 10.0. The largest absolute Gasteiger partial charge is 0.481 e. The number of ether oxygens (including phenoxy) is 1. The van der Waals surface area contributed by atoms with Gasteiger partial charge in [-0.3, -0.25) is 19.2 Å². The fourth-order valence-corrected chi connectivity index (χ4v) is 13.9. The molecule has 292 valence electrons. The first-order chi connectivity index (χ1) is 24.1. The zero-order valence-electron chi connectivity index (χ0n) is 34.0. The Morgan fingerprint density at radius 3 is 2.15 bits per heavy atom. The Bertz CT molecular complexity index is 1500. The lowest BCUT2D eigenvalue weighted by Gasteiger charge is -2.72. The normalized spacial score (nSPS) is 39.3. The molecule has 52 heavy (non-hydrogen) atoms. The number of ketones is 1. The van der Waals surface area contributed by atoms with Crippen LogP contribution in [-0.2, 0) is 23.9 Å². The second-order valence-electron chi connectivity index (χ2n) is 20.8. The summed E-state index contributed by atoms with van der Waals surface area (Å²) in [5.74, 6) is 0.0800. The molecule has 0 aromatic carbocycles. The van der Waals surface area contributed by atoms with Gasteiger partial charge in [-0.1, -0.05) is 66.9 Å². The van der Waals surface area contributed by atoms with Crippen LogP contribution in [-0.4, -0.2) is 64.5 Å². The number of likely N-dealkylation sites (N-methyl/N-ethyl adjacent to an activating group) is 1. The van der Waals surface area contributed by atoms with E-state index in [0.717, 1.165) is 82.6 Å². The number of carboxylic acids is 1. The van der Waals surface area contributed by atoms with E-state index in [2.05, 4.69) is 48.5 Å². The Morgan fingerprint density at radius 2 is 1.54 bits per heavy atom. The van der Waals surface area contributed by atoms with Crippen molar-refractivity contribution in [2.75, 3.05) is 13.6 Å². The average Bonchev–Trinajstić information content (AvgIpc) is 3.69. The van der Waals surface area contributed by atoms with Crippen LogP contribution in [0.1, 0.15) is 152 Å². The van der Waals surface area contributed by atoms with Crippen molar-refractivity contribution in [2.24, 2.45) is 62.1 Å². The highest BCUT2D eigenvalue weighted by molar-refractivity contribution is 6.00. The number of fused-ring (bicyclic) bond motifs is 7. The number of carbonyl (C=O) groups is 4. The predicted octanol–water partition coefficient (Wildman–Crippen LogP) is 8.39. The molecular formula is C44H69NO7. The summed E-state index contributed by atoms with van der Waals surface area (Å²) in [5, 5.41) is 21.9. The van der Waals surface area contributed by atoms with Gasteiger partial charge in [0.1, 0.15) is 6.10 Å². The monoisotopic (exact) mass is 724 g/mol. The first-order valence-electron chi connectivity index (χ1n) is 20.7. The summed E-state index contributed by atoms with van der Waals surface area (Å²) in [4.78, 5) is 54.1. The molecule has 8 heteroatoms. The summed E-state index contributed by atoms with van der Waals surface area (Å²) in [7, 11) is 1.84. The molecule has 6 rings (SSSR count). The molecule has 0 spiro atoms. The van der Waals surface area contributed by atoms with Crippen molar-refractivity contribution in [1.29, 1.82) is 0 Å². The fourth-order valence-electron chi connectivity index (χ4n) is 13.9. The maximum Gasteiger partial charge on any atom is 0.309 e. The number of carbonyl (C=O) groups excluding carboxylic acids is 3. The fraction of sp³-hybridized carbons (Fsp3) is 0.864. The highest BCUT2D eigenvalue weighted by Crippen LogP contribution is 2.77. The van der Waals surface area contributed by atoms with E-state index in [-0.39, 0.29) is 70.2 Å². The van der Waals surface area contributed by atoms with E-state index in [1.54, 1.807) is 18.7 Å². The lowest BCUT2D eigenvalue weighted by Crippen LogP contribution is -2.66. The van der Waals surface area contributed by atoms with Gasteiger partial charge in [0.25, 0.3) is 0 Å². The first-order valence-corrected chi connectivity index (χ1v) is 20.7. The predicted molar refractivity (Wildman–Crippen MR) is 201 cm³/mol. The summed E-state index contributed by atoms with van der Waals surface area (Å²) in [6.07, 6.45) is 10.8. The van der Waals surface area contributed by atoms with Crippen LogP contribution in [0.5, 0.6) is 0 Å². The highest BCUT2D eigenvalue weighted by atomic mass is 16.5. The number of nitrogens with zero attached hydrogens (tertiary/aromatic N) is 1. The number of esters is 1. The molecular weight excluding hydrogens is 654 g/mol. The zero-order valence-corrected chi connectivity index (χ0v) is 34.0. The number of rotatable bonds is 9. The van der Waals surface area contributed by atoms with E-state index in [4.69, 9.17) is 4.74 Å². The van der Waals surface area contributed by atoms with Crippen molar-refractivity contribution in [3.8, 4) is 0 Å². The molecule has 0 aromatic rings. The van der Waals surface area contributed by atoms with Crippen LogP contribution < -0.4 is 0 Å². The minimum Gasteiger partial charge on any atom is -0.481 e. The van der Waals surface area contributed by atoms with Gasteiger partial charge in [-0.15, -0.1) is 0 Å².